The molecule has 2 heterocycles. The molecule has 0 spiro atoms. The molecule has 0 aliphatic carbocycles. The molecule has 2 aromatic rings. The van der Waals surface area contributed by atoms with E-state index in [1.54, 1.807) is 6.07 Å². The predicted molar refractivity (Wildman–Crippen MR) is 126 cm³/mol. The molecule has 2 aliphatic heterocycles. The number of fused-ring (bicyclic) bond motifs is 1. The van der Waals surface area contributed by atoms with Gasteiger partial charge in [-0.25, -0.2) is 4.39 Å². The van der Waals surface area contributed by atoms with E-state index in [0.29, 0.717) is 5.56 Å². The van der Waals surface area contributed by atoms with Gasteiger partial charge in [0.15, 0.2) is 6.61 Å². The van der Waals surface area contributed by atoms with Crippen LogP contribution in [0.25, 0.3) is 0 Å². The van der Waals surface area contributed by atoms with Crippen molar-refractivity contribution in [2.45, 2.75) is 38.3 Å². The normalized spacial score (nSPS) is 19.0. The lowest BCUT2D eigenvalue weighted by atomic mass is 9.84. The van der Waals surface area contributed by atoms with E-state index in [0.717, 1.165) is 0 Å². The van der Waals surface area contributed by atoms with Crippen LogP contribution in [0, 0.1) is 22.6 Å². The molecule has 4 rings (SSSR count). The molecule has 0 saturated carbocycles. The van der Waals surface area contributed by atoms with Gasteiger partial charge in [-0.3, -0.25) is 4.79 Å². The number of benzene rings is 2. The average molecular weight is 518 g/mol. The average Bonchev–Trinajstić information content (AvgIpc) is 3.18. The highest BCUT2D eigenvalue weighted by atomic mass is 35.5. The van der Waals surface area contributed by atoms with Crippen molar-refractivity contribution in [3.63, 3.8) is 0 Å². The van der Waals surface area contributed by atoms with Crippen LogP contribution in [-0.2, 0) is 21.4 Å². The summed E-state index contributed by atoms with van der Waals surface area (Å²) in [6.07, 6.45) is 0. The number of carbonyl (C=O) groups is 1. The molecule has 2 aliphatic rings. The van der Waals surface area contributed by atoms with Crippen LogP contribution in [0.15, 0.2) is 57.0 Å². The van der Waals surface area contributed by atoms with Crippen molar-refractivity contribution >= 4 is 33.2 Å². The summed E-state index contributed by atoms with van der Waals surface area (Å²) in [6.45, 7) is 5.08. The SMILES string of the molecule is CC(C)(C)[C@H]1C(O)=C(C2=NS(=O)(=O)c3c(OCC#N)cccc32)C(=O)N1Cc1ccc(F)c(Cl)c1. The van der Waals surface area contributed by atoms with Gasteiger partial charge in [0.2, 0.25) is 0 Å². The van der Waals surface area contributed by atoms with Crippen LogP contribution in [-0.4, -0.2) is 42.7 Å². The smallest absolute Gasteiger partial charge is 0.287 e. The molecular weight excluding hydrogens is 497 g/mol. The molecule has 1 amide bonds. The Kier molecular flexibility index (Phi) is 6.11. The largest absolute Gasteiger partial charge is 0.509 e. The molecule has 182 valence electrons. The fraction of sp³-hybridized carbons (Fsp3) is 0.292. The van der Waals surface area contributed by atoms with E-state index in [4.69, 9.17) is 21.6 Å². The van der Waals surface area contributed by atoms with Crippen LogP contribution >= 0.6 is 11.6 Å². The van der Waals surface area contributed by atoms with Crippen LogP contribution in [0.3, 0.4) is 0 Å². The van der Waals surface area contributed by atoms with E-state index in [-0.39, 0.29) is 51.4 Å². The van der Waals surface area contributed by atoms with Gasteiger partial charge in [0.05, 0.1) is 11.1 Å². The van der Waals surface area contributed by atoms with E-state index in [9.17, 15) is 22.7 Å². The highest BCUT2D eigenvalue weighted by molar-refractivity contribution is 7.91. The van der Waals surface area contributed by atoms with E-state index < -0.39 is 33.2 Å². The summed E-state index contributed by atoms with van der Waals surface area (Å²) in [5, 5.41) is 20.0. The van der Waals surface area contributed by atoms with Gasteiger partial charge >= 0.3 is 0 Å². The van der Waals surface area contributed by atoms with Crippen LogP contribution < -0.4 is 4.74 Å². The number of carbonyl (C=O) groups excluding carboxylic acids is 1. The molecular formula is C24H21ClFN3O5S. The topological polar surface area (TPSA) is 120 Å². The summed E-state index contributed by atoms with van der Waals surface area (Å²) in [5.41, 5.74) is -0.461. The van der Waals surface area contributed by atoms with Gasteiger partial charge in [0, 0.05) is 12.1 Å². The van der Waals surface area contributed by atoms with Gasteiger partial charge in [-0.15, -0.1) is 0 Å². The number of nitriles is 1. The molecule has 0 aromatic heterocycles. The van der Waals surface area contributed by atoms with Gasteiger partial charge in [0.25, 0.3) is 15.9 Å². The lowest BCUT2D eigenvalue weighted by Gasteiger charge is -2.35. The highest BCUT2D eigenvalue weighted by Gasteiger charge is 2.49. The molecule has 0 saturated heterocycles. The Hall–Kier alpha value is -3.42. The van der Waals surface area contributed by atoms with E-state index >= 15 is 0 Å². The Labute approximate surface area is 207 Å². The van der Waals surface area contributed by atoms with Crippen molar-refractivity contribution < 1.29 is 27.4 Å². The molecule has 0 bridgehead atoms. The van der Waals surface area contributed by atoms with Crippen molar-refractivity contribution in [3.8, 4) is 11.8 Å². The first kappa shape index (κ1) is 24.7. The third kappa shape index (κ3) is 4.26. The fourth-order valence-corrected chi connectivity index (χ4v) is 5.89. The lowest BCUT2D eigenvalue weighted by molar-refractivity contribution is -0.129. The molecule has 0 radical (unpaired) electrons. The third-order valence-corrected chi connectivity index (χ3v) is 7.34. The molecule has 0 unspecified atom stereocenters. The summed E-state index contributed by atoms with van der Waals surface area (Å²) >= 11 is 5.91. The zero-order valence-electron chi connectivity index (χ0n) is 19.0. The van der Waals surface area contributed by atoms with Crippen LogP contribution in [0.5, 0.6) is 5.75 Å². The second-order valence-electron chi connectivity index (χ2n) is 9.20. The van der Waals surface area contributed by atoms with E-state index in [2.05, 4.69) is 4.40 Å². The fourth-order valence-electron chi connectivity index (χ4n) is 4.34. The Bertz CT molecular complexity index is 1450. The summed E-state index contributed by atoms with van der Waals surface area (Å²) in [6, 6.07) is 9.38. The first-order valence-corrected chi connectivity index (χ1v) is 12.3. The van der Waals surface area contributed by atoms with Crippen molar-refractivity contribution in [1.82, 2.24) is 4.90 Å². The van der Waals surface area contributed by atoms with Gasteiger partial charge in [0.1, 0.15) is 39.6 Å². The van der Waals surface area contributed by atoms with Gasteiger partial charge in [-0.2, -0.15) is 18.1 Å². The molecule has 35 heavy (non-hydrogen) atoms. The Morgan fingerprint density at radius 1 is 1.29 bits per heavy atom. The van der Waals surface area contributed by atoms with Crippen LogP contribution in [0.2, 0.25) is 5.02 Å². The van der Waals surface area contributed by atoms with Gasteiger partial charge < -0.3 is 14.7 Å². The first-order valence-electron chi connectivity index (χ1n) is 10.5. The predicted octanol–water partition coefficient (Wildman–Crippen LogP) is 4.14. The monoisotopic (exact) mass is 517 g/mol. The minimum absolute atomic E-state index is 0.00740. The van der Waals surface area contributed by atoms with Crippen LogP contribution in [0.1, 0.15) is 31.9 Å². The zero-order valence-corrected chi connectivity index (χ0v) is 20.6. The summed E-state index contributed by atoms with van der Waals surface area (Å²) in [4.78, 5) is 14.8. The number of sulfonamides is 1. The van der Waals surface area contributed by atoms with Gasteiger partial charge in [-0.1, -0.05) is 50.6 Å². The molecule has 11 heteroatoms. The standard InChI is InChI=1S/C24H21ClFN3O5S/c1-24(2,3)22-20(30)18(23(31)29(22)12-13-7-8-16(26)15(25)11-13)19-14-5-4-6-17(34-10-9-27)21(14)35(32,33)28-19/h4-8,11,22,30H,10,12H2,1-3H3/t22-/m1/s1. The van der Waals surface area contributed by atoms with Gasteiger partial charge in [-0.05, 0) is 29.2 Å². The number of aliphatic hydroxyl groups excluding tert-OH is 1. The number of ether oxygens (including phenoxy) is 1. The second-order valence-corrected chi connectivity index (χ2v) is 11.2. The maximum Gasteiger partial charge on any atom is 0.287 e. The first-order chi connectivity index (χ1) is 16.4. The summed E-state index contributed by atoms with van der Waals surface area (Å²) in [7, 11) is -4.26. The molecule has 1 N–H and O–H groups in total. The summed E-state index contributed by atoms with van der Waals surface area (Å²) < 4.78 is 48.5. The maximum atomic E-state index is 13.6. The molecule has 2 aromatic carbocycles. The van der Waals surface area contributed by atoms with E-state index in [1.807, 2.05) is 20.8 Å². The number of hydrogen-bond acceptors (Lipinski definition) is 6. The van der Waals surface area contributed by atoms with Crippen LogP contribution in [0.4, 0.5) is 4.39 Å². The van der Waals surface area contributed by atoms with Crippen molar-refractivity contribution in [2.24, 2.45) is 9.81 Å². The Morgan fingerprint density at radius 2 is 2.00 bits per heavy atom. The number of halogens is 2. The second kappa shape index (κ2) is 8.66. The Balaban J connectivity index is 1.82. The maximum absolute atomic E-state index is 13.6. The quantitative estimate of drug-likeness (QED) is 0.636. The number of amides is 1. The zero-order chi connectivity index (χ0) is 25.7. The lowest BCUT2D eigenvalue weighted by Crippen LogP contribution is -2.43. The van der Waals surface area contributed by atoms with E-state index in [1.165, 1.54) is 41.3 Å². The number of nitrogens with zero attached hydrogens (tertiary/aromatic N) is 3. The van der Waals surface area contributed by atoms with Crippen molar-refractivity contribution in [2.75, 3.05) is 6.61 Å². The minimum Gasteiger partial charge on any atom is -0.509 e. The summed E-state index contributed by atoms with van der Waals surface area (Å²) in [5.74, 6) is -1.62. The third-order valence-electron chi connectivity index (χ3n) is 5.69. The molecule has 8 nitrogen and oxygen atoms in total. The number of hydrogen-bond donors (Lipinski definition) is 1. The molecule has 0 fully saturated rings. The number of aliphatic hydroxyl groups is 1. The van der Waals surface area contributed by atoms with Crippen molar-refractivity contribution in [3.05, 3.63) is 69.7 Å². The minimum atomic E-state index is -4.26. The number of rotatable bonds is 5. The molecule has 1 atom stereocenters. The highest BCUT2D eigenvalue weighted by Crippen LogP contribution is 2.42. The Morgan fingerprint density at radius 3 is 2.63 bits per heavy atom. The van der Waals surface area contributed by atoms with Crippen molar-refractivity contribution in [1.29, 1.82) is 5.26 Å².